The van der Waals surface area contributed by atoms with Crippen LogP contribution in [-0.2, 0) is 16.4 Å². The Morgan fingerprint density at radius 3 is 2.46 bits per heavy atom. The Morgan fingerprint density at radius 2 is 1.93 bits per heavy atom. The molecule has 1 rings (SSSR count). The number of sulfone groups is 1. The second-order valence-electron chi connectivity index (χ2n) is 7.98. The SMILES string of the molecule is CCNC(=NCc1ccc(C)cc1OC(C)(C)C)NC(C)CCS(C)(=O)=O.I. The van der Waals surface area contributed by atoms with Gasteiger partial charge in [-0.05, 0) is 59.6 Å². The highest BCUT2D eigenvalue weighted by Gasteiger charge is 2.15. The fraction of sp³-hybridized carbons (Fsp3) is 0.650. The van der Waals surface area contributed by atoms with Gasteiger partial charge in [0, 0.05) is 24.4 Å². The molecular weight excluding hydrogens is 489 g/mol. The van der Waals surface area contributed by atoms with E-state index in [1.165, 1.54) is 6.26 Å². The number of aliphatic imine (C=N–C) groups is 1. The minimum absolute atomic E-state index is 0. The number of nitrogens with zero attached hydrogens (tertiary/aromatic N) is 1. The van der Waals surface area contributed by atoms with Gasteiger partial charge in [-0.15, -0.1) is 24.0 Å². The predicted molar refractivity (Wildman–Crippen MR) is 129 cm³/mol. The number of ether oxygens (including phenoxy) is 1. The van der Waals surface area contributed by atoms with Crippen molar-refractivity contribution in [1.82, 2.24) is 10.6 Å². The van der Waals surface area contributed by atoms with E-state index < -0.39 is 9.84 Å². The second-order valence-corrected chi connectivity index (χ2v) is 10.2. The number of guanidine groups is 1. The molecular formula is C20H36IN3O3S. The number of benzene rings is 1. The quantitative estimate of drug-likeness (QED) is 0.308. The van der Waals surface area contributed by atoms with E-state index in [4.69, 9.17) is 4.74 Å². The minimum Gasteiger partial charge on any atom is -0.488 e. The number of aryl methyl sites for hydroxylation is 1. The first kappa shape index (κ1) is 27.0. The summed E-state index contributed by atoms with van der Waals surface area (Å²) in [6, 6.07) is 6.12. The van der Waals surface area contributed by atoms with E-state index in [-0.39, 0.29) is 41.4 Å². The highest BCUT2D eigenvalue weighted by molar-refractivity contribution is 14.0. The van der Waals surface area contributed by atoms with E-state index >= 15 is 0 Å². The Balaban J connectivity index is 0.00000729. The molecule has 0 saturated heterocycles. The van der Waals surface area contributed by atoms with Gasteiger partial charge in [-0.25, -0.2) is 13.4 Å². The highest BCUT2D eigenvalue weighted by atomic mass is 127. The molecule has 0 radical (unpaired) electrons. The molecule has 0 aromatic heterocycles. The molecule has 1 atom stereocenters. The van der Waals surface area contributed by atoms with Crippen LogP contribution in [0.5, 0.6) is 5.75 Å². The summed E-state index contributed by atoms with van der Waals surface area (Å²) in [5.41, 5.74) is 1.87. The molecule has 0 fully saturated rings. The van der Waals surface area contributed by atoms with E-state index in [0.29, 0.717) is 18.9 Å². The van der Waals surface area contributed by atoms with Crippen LogP contribution in [0.25, 0.3) is 0 Å². The number of halogens is 1. The zero-order valence-corrected chi connectivity index (χ0v) is 21.3. The first-order valence-electron chi connectivity index (χ1n) is 9.40. The Hall–Kier alpha value is -1.03. The lowest BCUT2D eigenvalue weighted by Crippen LogP contribution is -2.42. The van der Waals surface area contributed by atoms with Crippen molar-refractivity contribution in [2.75, 3.05) is 18.6 Å². The topological polar surface area (TPSA) is 79.8 Å². The summed E-state index contributed by atoms with van der Waals surface area (Å²) in [7, 11) is -2.97. The average molecular weight is 525 g/mol. The summed E-state index contributed by atoms with van der Waals surface area (Å²) >= 11 is 0. The normalized spacial score (nSPS) is 13.5. The molecule has 0 saturated carbocycles. The van der Waals surface area contributed by atoms with Crippen molar-refractivity contribution in [2.45, 2.75) is 66.2 Å². The number of hydrogen-bond acceptors (Lipinski definition) is 4. The van der Waals surface area contributed by atoms with E-state index in [1.807, 2.05) is 53.7 Å². The molecule has 0 heterocycles. The second kappa shape index (κ2) is 11.8. The van der Waals surface area contributed by atoms with Crippen LogP contribution >= 0.6 is 24.0 Å². The van der Waals surface area contributed by atoms with Crippen LogP contribution in [0.4, 0.5) is 0 Å². The summed E-state index contributed by atoms with van der Waals surface area (Å²) in [6.45, 7) is 13.3. The van der Waals surface area contributed by atoms with Crippen molar-refractivity contribution in [3.05, 3.63) is 29.3 Å². The van der Waals surface area contributed by atoms with Crippen LogP contribution in [0.1, 0.15) is 52.2 Å². The third-order valence-corrected chi connectivity index (χ3v) is 4.67. The van der Waals surface area contributed by atoms with Gasteiger partial charge in [-0.1, -0.05) is 12.1 Å². The molecule has 8 heteroatoms. The molecule has 0 bridgehead atoms. The summed E-state index contributed by atoms with van der Waals surface area (Å²) in [5, 5.41) is 6.48. The Kier molecular flexibility index (Phi) is 11.4. The van der Waals surface area contributed by atoms with Crippen LogP contribution in [0.3, 0.4) is 0 Å². The minimum atomic E-state index is -2.97. The molecule has 0 aliphatic heterocycles. The third-order valence-electron chi connectivity index (χ3n) is 3.70. The lowest BCUT2D eigenvalue weighted by atomic mass is 10.1. The predicted octanol–water partition coefficient (Wildman–Crippen LogP) is 3.67. The van der Waals surface area contributed by atoms with Gasteiger partial charge in [0.2, 0.25) is 0 Å². The van der Waals surface area contributed by atoms with E-state index in [9.17, 15) is 8.42 Å². The van der Waals surface area contributed by atoms with Crippen molar-refractivity contribution in [3.8, 4) is 5.75 Å². The van der Waals surface area contributed by atoms with E-state index in [0.717, 1.165) is 23.4 Å². The van der Waals surface area contributed by atoms with Gasteiger partial charge in [0.25, 0.3) is 0 Å². The van der Waals surface area contributed by atoms with Crippen molar-refractivity contribution in [2.24, 2.45) is 4.99 Å². The van der Waals surface area contributed by atoms with E-state index in [1.54, 1.807) is 0 Å². The molecule has 0 spiro atoms. The fourth-order valence-electron chi connectivity index (χ4n) is 2.40. The van der Waals surface area contributed by atoms with Crippen LogP contribution in [0.15, 0.2) is 23.2 Å². The van der Waals surface area contributed by atoms with Gasteiger partial charge in [-0.3, -0.25) is 0 Å². The summed E-state index contributed by atoms with van der Waals surface area (Å²) in [4.78, 5) is 4.65. The van der Waals surface area contributed by atoms with Crippen molar-refractivity contribution in [3.63, 3.8) is 0 Å². The molecule has 1 aromatic rings. The summed E-state index contributed by atoms with van der Waals surface area (Å²) in [6.07, 6.45) is 1.79. The first-order chi connectivity index (χ1) is 12.4. The van der Waals surface area contributed by atoms with Gasteiger partial charge in [-0.2, -0.15) is 0 Å². The number of nitrogens with one attached hydrogen (secondary N) is 2. The molecule has 0 amide bonds. The van der Waals surface area contributed by atoms with Crippen LogP contribution in [-0.4, -0.2) is 44.6 Å². The van der Waals surface area contributed by atoms with Gasteiger partial charge in [0.05, 0.1) is 12.3 Å². The Morgan fingerprint density at radius 1 is 1.29 bits per heavy atom. The van der Waals surface area contributed by atoms with Gasteiger partial charge in [0.1, 0.15) is 21.2 Å². The summed E-state index contributed by atoms with van der Waals surface area (Å²) in [5.74, 6) is 1.66. The molecule has 2 N–H and O–H groups in total. The summed E-state index contributed by atoms with van der Waals surface area (Å²) < 4.78 is 28.8. The van der Waals surface area contributed by atoms with Crippen LogP contribution in [0, 0.1) is 6.92 Å². The van der Waals surface area contributed by atoms with Crippen LogP contribution in [0.2, 0.25) is 0 Å². The maximum Gasteiger partial charge on any atom is 0.191 e. The third kappa shape index (κ3) is 11.7. The van der Waals surface area contributed by atoms with Gasteiger partial charge >= 0.3 is 0 Å². The van der Waals surface area contributed by atoms with Gasteiger partial charge < -0.3 is 15.4 Å². The maximum absolute atomic E-state index is 11.3. The number of rotatable bonds is 8. The average Bonchev–Trinajstić information content (AvgIpc) is 2.50. The van der Waals surface area contributed by atoms with Crippen molar-refractivity contribution >= 4 is 39.8 Å². The lowest BCUT2D eigenvalue weighted by molar-refractivity contribution is 0.129. The van der Waals surface area contributed by atoms with Crippen molar-refractivity contribution in [1.29, 1.82) is 0 Å². The number of hydrogen-bond donors (Lipinski definition) is 2. The monoisotopic (exact) mass is 525 g/mol. The van der Waals surface area contributed by atoms with Crippen LogP contribution < -0.4 is 15.4 Å². The molecule has 0 aliphatic rings. The van der Waals surface area contributed by atoms with Gasteiger partial charge in [0.15, 0.2) is 5.96 Å². The molecule has 28 heavy (non-hydrogen) atoms. The molecule has 162 valence electrons. The largest absolute Gasteiger partial charge is 0.488 e. The molecule has 6 nitrogen and oxygen atoms in total. The molecule has 1 aromatic carbocycles. The standard InChI is InChI=1S/C20H35N3O3S.HI/c1-8-21-19(23-16(3)11-12-27(7,24)25)22-14-17-10-9-15(2)13-18(17)26-20(4,5)6;/h9-10,13,16H,8,11-12,14H2,1-7H3,(H2,21,22,23);1H. The zero-order chi connectivity index (χ0) is 20.7. The van der Waals surface area contributed by atoms with E-state index in [2.05, 4.69) is 21.7 Å². The maximum atomic E-state index is 11.3. The Labute approximate surface area is 187 Å². The first-order valence-corrected chi connectivity index (χ1v) is 11.5. The fourth-order valence-corrected chi connectivity index (χ4v) is 3.18. The molecule has 1 unspecified atom stereocenters. The molecule has 0 aliphatic carbocycles. The Bertz CT molecular complexity index is 744. The zero-order valence-electron chi connectivity index (χ0n) is 18.1. The highest BCUT2D eigenvalue weighted by Crippen LogP contribution is 2.25. The van der Waals surface area contributed by atoms with Crippen molar-refractivity contribution < 1.29 is 13.2 Å². The smallest absolute Gasteiger partial charge is 0.191 e. The lowest BCUT2D eigenvalue weighted by Gasteiger charge is -2.23.